The van der Waals surface area contributed by atoms with Crippen LogP contribution in [0.5, 0.6) is 0 Å². The quantitative estimate of drug-likeness (QED) is 0.708. The summed E-state index contributed by atoms with van der Waals surface area (Å²) in [4.78, 5) is 30.9. The summed E-state index contributed by atoms with van der Waals surface area (Å²) >= 11 is 0. The monoisotopic (exact) mass is 317 g/mol. The fourth-order valence-corrected chi connectivity index (χ4v) is 2.72. The van der Waals surface area contributed by atoms with Gasteiger partial charge in [-0.1, -0.05) is 0 Å². The molecule has 0 aliphatic carbocycles. The lowest BCUT2D eigenvalue weighted by Crippen LogP contribution is -2.35. The number of carbonyl (C=O) groups is 1. The highest BCUT2D eigenvalue weighted by molar-refractivity contribution is 5.71. The minimum absolute atomic E-state index is 0.374. The van der Waals surface area contributed by atoms with Crippen LogP contribution < -0.4 is 10.6 Å². The fourth-order valence-electron chi connectivity index (χ4n) is 2.72. The lowest BCUT2D eigenvalue weighted by Gasteiger charge is -2.23. The molecule has 23 heavy (non-hydrogen) atoms. The number of hydrogen-bond acceptors (Lipinski definition) is 7. The van der Waals surface area contributed by atoms with Gasteiger partial charge in [0.05, 0.1) is 12.5 Å². The van der Waals surface area contributed by atoms with E-state index in [1.54, 1.807) is 18.5 Å². The number of hydrogen-bond donors (Lipinski definition) is 3. The molecule has 122 valence electrons. The number of aliphatic carboxylic acids is 1. The van der Waals surface area contributed by atoms with E-state index < -0.39 is 11.9 Å². The van der Waals surface area contributed by atoms with Crippen LogP contribution in [-0.2, 0) is 11.3 Å². The first-order valence-electron chi connectivity index (χ1n) is 7.37. The zero-order valence-corrected chi connectivity index (χ0v) is 12.6. The summed E-state index contributed by atoms with van der Waals surface area (Å²) in [6.45, 7) is 2.83. The van der Waals surface area contributed by atoms with E-state index in [2.05, 4.69) is 24.8 Å². The maximum atomic E-state index is 11.6. The third kappa shape index (κ3) is 3.75. The molecule has 0 unspecified atom stereocenters. The Labute approximate surface area is 133 Å². The zero-order chi connectivity index (χ0) is 16.2. The van der Waals surface area contributed by atoms with E-state index in [0.29, 0.717) is 44.4 Å². The molecule has 0 saturated carbocycles. The third-order valence-electron chi connectivity index (χ3n) is 3.88. The van der Waals surface area contributed by atoms with Crippen molar-refractivity contribution in [3.63, 3.8) is 0 Å². The van der Waals surface area contributed by atoms with Gasteiger partial charge in [-0.25, -0.2) is 15.0 Å². The summed E-state index contributed by atoms with van der Waals surface area (Å²) < 4.78 is 0. The number of nitrogens with two attached hydrogens (primary N) is 1. The molecule has 0 radical (unpaired) electrons. The van der Waals surface area contributed by atoms with Crippen LogP contribution in [0.3, 0.4) is 0 Å². The van der Waals surface area contributed by atoms with Crippen molar-refractivity contribution in [2.45, 2.75) is 6.54 Å². The van der Waals surface area contributed by atoms with Crippen LogP contribution in [0.4, 0.5) is 11.6 Å². The van der Waals surface area contributed by atoms with E-state index in [9.17, 15) is 9.90 Å². The molecule has 3 heterocycles. The van der Waals surface area contributed by atoms with Crippen LogP contribution in [0, 0.1) is 5.92 Å². The van der Waals surface area contributed by atoms with Crippen molar-refractivity contribution in [1.29, 1.82) is 0 Å². The Kier molecular flexibility index (Phi) is 4.38. The van der Waals surface area contributed by atoms with E-state index in [4.69, 9.17) is 5.73 Å². The van der Waals surface area contributed by atoms with E-state index in [1.165, 1.54) is 6.33 Å². The van der Waals surface area contributed by atoms with Crippen LogP contribution in [0.25, 0.3) is 0 Å². The zero-order valence-electron chi connectivity index (χ0n) is 12.6. The molecule has 1 aliphatic rings. The summed E-state index contributed by atoms with van der Waals surface area (Å²) in [5.41, 5.74) is 5.70. The van der Waals surface area contributed by atoms with Gasteiger partial charge >= 0.3 is 5.97 Å². The maximum absolute atomic E-state index is 11.6. The van der Waals surface area contributed by atoms with Crippen molar-refractivity contribution in [3.8, 4) is 0 Å². The molecule has 3 rings (SSSR count). The number of carboxylic acid groups (broad SMARTS) is 1. The summed E-state index contributed by atoms with van der Waals surface area (Å²) in [6.07, 6.45) is 4.85. The van der Waals surface area contributed by atoms with Gasteiger partial charge in [-0.05, 0) is 0 Å². The first-order chi connectivity index (χ1) is 11.1. The van der Waals surface area contributed by atoms with Gasteiger partial charge in [0.1, 0.15) is 23.8 Å². The first-order valence-corrected chi connectivity index (χ1v) is 7.37. The summed E-state index contributed by atoms with van der Waals surface area (Å²) in [5.74, 6) is 0.531. The predicted octanol–water partition coefficient (Wildman–Crippen LogP) is -0.195. The number of H-pyrrole nitrogens is 1. The summed E-state index contributed by atoms with van der Waals surface area (Å²) in [5, 5.41) is 9.49. The number of nitrogen functional groups attached to an aromatic ring is 1. The third-order valence-corrected chi connectivity index (χ3v) is 3.88. The average Bonchev–Trinajstić information content (AvgIpc) is 2.92. The number of aromatic amines is 1. The Morgan fingerprint density at radius 1 is 1.35 bits per heavy atom. The number of imidazole rings is 1. The fraction of sp³-hybridized carbons (Fsp3) is 0.429. The topological polar surface area (TPSA) is 124 Å². The van der Waals surface area contributed by atoms with Crippen LogP contribution in [0.15, 0.2) is 24.8 Å². The van der Waals surface area contributed by atoms with Gasteiger partial charge < -0.3 is 20.7 Å². The number of nitrogens with one attached hydrogen (secondary N) is 1. The smallest absolute Gasteiger partial charge is 0.309 e. The maximum Gasteiger partial charge on any atom is 0.309 e. The van der Waals surface area contributed by atoms with Crippen molar-refractivity contribution in [2.75, 3.05) is 36.8 Å². The Balaban J connectivity index is 1.76. The molecular weight excluding hydrogens is 298 g/mol. The van der Waals surface area contributed by atoms with E-state index in [0.717, 1.165) is 5.82 Å². The Bertz CT molecular complexity index is 661. The van der Waals surface area contributed by atoms with E-state index in [-0.39, 0.29) is 0 Å². The lowest BCUT2D eigenvalue weighted by atomic mass is 10.1. The summed E-state index contributed by atoms with van der Waals surface area (Å²) in [6, 6.07) is 1.67. The van der Waals surface area contributed by atoms with Crippen molar-refractivity contribution < 1.29 is 9.90 Å². The number of carboxylic acids is 1. The second kappa shape index (κ2) is 6.61. The first kappa shape index (κ1) is 15.2. The van der Waals surface area contributed by atoms with Crippen LogP contribution in [-0.4, -0.2) is 62.1 Å². The highest BCUT2D eigenvalue weighted by atomic mass is 16.4. The average molecular weight is 317 g/mol. The number of aromatic nitrogens is 4. The molecular formula is C14H19N7O2. The van der Waals surface area contributed by atoms with Gasteiger partial charge in [0, 0.05) is 44.6 Å². The Hall–Kier alpha value is -2.68. The van der Waals surface area contributed by atoms with Crippen LogP contribution in [0.2, 0.25) is 0 Å². The molecule has 1 saturated heterocycles. The van der Waals surface area contributed by atoms with Crippen molar-refractivity contribution >= 4 is 17.6 Å². The highest BCUT2D eigenvalue weighted by Gasteiger charge is 2.28. The molecule has 2 aromatic rings. The minimum atomic E-state index is -0.816. The van der Waals surface area contributed by atoms with Crippen LogP contribution >= 0.6 is 0 Å². The van der Waals surface area contributed by atoms with Gasteiger partial charge in [-0.2, -0.15) is 0 Å². The lowest BCUT2D eigenvalue weighted by molar-refractivity contribution is -0.141. The predicted molar refractivity (Wildman–Crippen MR) is 83.6 cm³/mol. The largest absolute Gasteiger partial charge is 0.481 e. The van der Waals surface area contributed by atoms with E-state index in [1.807, 2.05) is 4.90 Å². The molecule has 1 fully saturated rings. The van der Waals surface area contributed by atoms with Gasteiger partial charge in [0.2, 0.25) is 0 Å². The normalized spacial score (nSPS) is 19.5. The summed E-state index contributed by atoms with van der Waals surface area (Å²) in [7, 11) is 0. The Morgan fingerprint density at radius 3 is 2.91 bits per heavy atom. The van der Waals surface area contributed by atoms with Gasteiger partial charge in [-0.15, -0.1) is 0 Å². The van der Waals surface area contributed by atoms with Crippen molar-refractivity contribution in [1.82, 2.24) is 24.8 Å². The van der Waals surface area contributed by atoms with Crippen molar-refractivity contribution in [2.24, 2.45) is 5.92 Å². The van der Waals surface area contributed by atoms with Gasteiger partial charge in [0.15, 0.2) is 0 Å². The molecule has 4 N–H and O–H groups in total. The van der Waals surface area contributed by atoms with Crippen LogP contribution in [0.1, 0.15) is 5.82 Å². The molecule has 9 heteroatoms. The standard InChI is InChI=1S/C14H19N7O2/c15-11-5-13(19-9-18-11)21-4-3-20(6-10(7-21)14(22)23)8-12-16-1-2-17-12/h1-2,5,9-10H,3-4,6-8H2,(H,16,17)(H,22,23)(H2,15,18,19)/t10-/m0/s1. The highest BCUT2D eigenvalue weighted by Crippen LogP contribution is 2.18. The molecule has 0 spiro atoms. The SMILES string of the molecule is Nc1cc(N2CCN(Cc3ncc[nH]3)C[C@H](C(=O)O)C2)ncn1. The Morgan fingerprint density at radius 2 is 2.22 bits per heavy atom. The van der Waals surface area contributed by atoms with Gasteiger partial charge in [0.25, 0.3) is 0 Å². The number of nitrogens with zero attached hydrogens (tertiary/aromatic N) is 5. The molecule has 0 amide bonds. The molecule has 9 nitrogen and oxygen atoms in total. The second-order valence-corrected chi connectivity index (χ2v) is 5.55. The molecule has 0 bridgehead atoms. The molecule has 0 aromatic carbocycles. The van der Waals surface area contributed by atoms with Crippen molar-refractivity contribution in [3.05, 3.63) is 30.6 Å². The molecule has 2 aromatic heterocycles. The number of anilines is 2. The number of rotatable bonds is 4. The van der Waals surface area contributed by atoms with E-state index >= 15 is 0 Å². The molecule has 1 aliphatic heterocycles. The second-order valence-electron chi connectivity index (χ2n) is 5.55. The van der Waals surface area contributed by atoms with Gasteiger partial charge in [-0.3, -0.25) is 9.69 Å². The molecule has 1 atom stereocenters. The minimum Gasteiger partial charge on any atom is -0.481 e.